The maximum absolute atomic E-state index is 12.5. The number of amides is 1. The molecule has 0 fully saturated rings. The van der Waals surface area contributed by atoms with E-state index >= 15 is 0 Å². The molecule has 0 spiro atoms. The van der Waals surface area contributed by atoms with E-state index < -0.39 is 34.3 Å². The molecule has 1 unspecified atom stereocenters. The van der Waals surface area contributed by atoms with Gasteiger partial charge in [-0.25, -0.2) is 0 Å². The highest BCUT2D eigenvalue weighted by molar-refractivity contribution is 5.96. The number of nitrogens with two attached hydrogens (primary N) is 1. The van der Waals surface area contributed by atoms with Crippen LogP contribution < -0.4 is 11.1 Å². The minimum atomic E-state index is -4.71. The zero-order chi connectivity index (χ0) is 16.4. The number of benzene rings is 1. The van der Waals surface area contributed by atoms with Crippen LogP contribution in [0.5, 0.6) is 0 Å². The Kier molecular flexibility index (Phi) is 4.89. The van der Waals surface area contributed by atoms with Gasteiger partial charge in [-0.1, -0.05) is 13.8 Å². The van der Waals surface area contributed by atoms with E-state index in [-0.39, 0.29) is 11.6 Å². The summed E-state index contributed by atoms with van der Waals surface area (Å²) < 4.78 is 37.6. The fourth-order valence-corrected chi connectivity index (χ4v) is 1.48. The second-order valence-corrected chi connectivity index (χ2v) is 4.75. The van der Waals surface area contributed by atoms with Crippen LogP contribution in [0.25, 0.3) is 0 Å². The smallest absolute Gasteiger partial charge is 0.320 e. The Balaban J connectivity index is 3.14. The second kappa shape index (κ2) is 6.08. The van der Waals surface area contributed by atoms with Crippen molar-refractivity contribution in [2.45, 2.75) is 26.1 Å². The van der Waals surface area contributed by atoms with Crippen molar-refractivity contribution in [3.8, 4) is 0 Å². The van der Waals surface area contributed by atoms with E-state index in [1.54, 1.807) is 13.8 Å². The number of nitro benzene ring substituents is 1. The average Bonchev–Trinajstić information content (AvgIpc) is 2.36. The molecule has 0 heterocycles. The third kappa shape index (κ3) is 4.15. The molecule has 3 N–H and O–H groups in total. The second-order valence-electron chi connectivity index (χ2n) is 4.75. The maximum atomic E-state index is 12.5. The van der Waals surface area contributed by atoms with Crippen molar-refractivity contribution in [1.29, 1.82) is 0 Å². The molecule has 116 valence electrons. The predicted molar refractivity (Wildman–Crippen MR) is 69.5 cm³/mol. The van der Waals surface area contributed by atoms with Gasteiger partial charge in [-0.2, -0.15) is 13.2 Å². The van der Waals surface area contributed by atoms with Crippen molar-refractivity contribution in [2.75, 3.05) is 5.32 Å². The summed E-state index contributed by atoms with van der Waals surface area (Å²) in [7, 11) is 0. The van der Waals surface area contributed by atoms with Gasteiger partial charge in [-0.3, -0.25) is 14.9 Å². The Morgan fingerprint density at radius 3 is 2.38 bits per heavy atom. The minimum Gasteiger partial charge on any atom is -0.320 e. The Morgan fingerprint density at radius 2 is 1.95 bits per heavy atom. The van der Waals surface area contributed by atoms with Gasteiger partial charge in [0.15, 0.2) is 0 Å². The quantitative estimate of drug-likeness (QED) is 0.659. The number of nitro groups is 1. The van der Waals surface area contributed by atoms with Crippen LogP contribution in [0.1, 0.15) is 19.4 Å². The molecule has 0 aliphatic heterocycles. The summed E-state index contributed by atoms with van der Waals surface area (Å²) in [6.45, 7) is 3.34. The summed E-state index contributed by atoms with van der Waals surface area (Å²) in [5, 5.41) is 13.0. The molecule has 1 rings (SSSR count). The lowest BCUT2D eigenvalue weighted by molar-refractivity contribution is -0.384. The zero-order valence-electron chi connectivity index (χ0n) is 11.3. The summed E-state index contributed by atoms with van der Waals surface area (Å²) in [5.41, 5.74) is 3.24. The van der Waals surface area contributed by atoms with Crippen LogP contribution >= 0.6 is 0 Å². The number of hydrogen-bond acceptors (Lipinski definition) is 4. The van der Waals surface area contributed by atoms with Gasteiger partial charge in [0.25, 0.3) is 5.69 Å². The number of hydrogen-bond donors (Lipinski definition) is 2. The first kappa shape index (κ1) is 16.9. The topological polar surface area (TPSA) is 98.3 Å². The van der Waals surface area contributed by atoms with Crippen LogP contribution in [-0.2, 0) is 11.0 Å². The van der Waals surface area contributed by atoms with E-state index in [0.717, 1.165) is 6.07 Å². The van der Waals surface area contributed by atoms with Gasteiger partial charge in [0, 0.05) is 6.07 Å². The van der Waals surface area contributed by atoms with Gasteiger partial charge in [0.05, 0.1) is 16.5 Å². The van der Waals surface area contributed by atoms with Crippen molar-refractivity contribution in [3.63, 3.8) is 0 Å². The lowest BCUT2D eigenvalue weighted by atomic mass is 10.0. The molecular formula is C12H14F3N3O3. The molecule has 1 aromatic rings. The SMILES string of the molecule is CC(C)C(N)C(=O)Nc1ccc(C(F)(F)F)cc1[N+](=O)[O-]. The van der Waals surface area contributed by atoms with Crippen molar-refractivity contribution in [1.82, 2.24) is 0 Å². The Labute approximate surface area is 118 Å². The van der Waals surface area contributed by atoms with Gasteiger partial charge >= 0.3 is 6.18 Å². The standard InChI is InChI=1S/C12H14F3N3O3/c1-6(2)10(16)11(19)17-8-4-3-7(12(13,14)15)5-9(8)18(20)21/h3-6,10H,16H2,1-2H3,(H,17,19). The maximum Gasteiger partial charge on any atom is 0.416 e. The molecule has 0 bridgehead atoms. The van der Waals surface area contributed by atoms with Gasteiger partial charge < -0.3 is 11.1 Å². The third-order valence-corrected chi connectivity index (χ3v) is 2.80. The number of rotatable bonds is 4. The number of alkyl halides is 3. The molecule has 0 saturated carbocycles. The molecule has 9 heteroatoms. The average molecular weight is 305 g/mol. The number of carbonyl (C=O) groups excluding carboxylic acids is 1. The Hall–Kier alpha value is -2.16. The van der Waals surface area contributed by atoms with Gasteiger partial charge in [-0.05, 0) is 18.1 Å². The number of nitrogens with zero attached hydrogens (tertiary/aromatic N) is 1. The summed E-state index contributed by atoms with van der Waals surface area (Å²) in [5.74, 6) is -0.925. The Morgan fingerprint density at radius 1 is 1.38 bits per heavy atom. The van der Waals surface area contributed by atoms with Crippen LogP contribution in [0.15, 0.2) is 18.2 Å². The summed E-state index contributed by atoms with van der Waals surface area (Å²) >= 11 is 0. The van der Waals surface area contributed by atoms with Crippen LogP contribution in [0.3, 0.4) is 0 Å². The van der Waals surface area contributed by atoms with E-state index in [2.05, 4.69) is 5.32 Å². The van der Waals surface area contributed by atoms with Crippen molar-refractivity contribution in [2.24, 2.45) is 11.7 Å². The van der Waals surface area contributed by atoms with Crippen LogP contribution in [0.4, 0.5) is 24.5 Å². The van der Waals surface area contributed by atoms with Gasteiger partial charge in [0.1, 0.15) is 5.69 Å². The van der Waals surface area contributed by atoms with E-state index in [0.29, 0.717) is 12.1 Å². The number of nitrogens with one attached hydrogen (secondary N) is 1. The summed E-state index contributed by atoms with van der Waals surface area (Å²) in [6.07, 6.45) is -4.71. The highest BCUT2D eigenvalue weighted by Crippen LogP contribution is 2.35. The number of anilines is 1. The Bertz CT molecular complexity index is 558. The lowest BCUT2D eigenvalue weighted by Crippen LogP contribution is -2.39. The lowest BCUT2D eigenvalue weighted by Gasteiger charge is -2.15. The van der Waals surface area contributed by atoms with E-state index in [4.69, 9.17) is 5.73 Å². The third-order valence-electron chi connectivity index (χ3n) is 2.80. The predicted octanol–water partition coefficient (Wildman–Crippen LogP) is 2.54. The first-order chi connectivity index (χ1) is 9.54. The summed E-state index contributed by atoms with van der Waals surface area (Å²) in [6, 6.07) is 0.943. The van der Waals surface area contributed by atoms with Gasteiger partial charge in [-0.15, -0.1) is 0 Å². The molecule has 0 aliphatic carbocycles. The van der Waals surface area contributed by atoms with E-state index in [9.17, 15) is 28.1 Å². The van der Waals surface area contributed by atoms with Crippen LogP contribution in [0, 0.1) is 16.0 Å². The fourth-order valence-electron chi connectivity index (χ4n) is 1.48. The summed E-state index contributed by atoms with van der Waals surface area (Å²) in [4.78, 5) is 21.6. The van der Waals surface area contributed by atoms with E-state index in [1.165, 1.54) is 0 Å². The molecule has 0 saturated heterocycles. The molecule has 1 aromatic carbocycles. The zero-order valence-corrected chi connectivity index (χ0v) is 11.3. The van der Waals surface area contributed by atoms with Crippen LogP contribution in [0.2, 0.25) is 0 Å². The minimum absolute atomic E-state index is 0.224. The molecule has 0 radical (unpaired) electrons. The highest BCUT2D eigenvalue weighted by atomic mass is 19.4. The van der Waals surface area contributed by atoms with Crippen LogP contribution in [-0.4, -0.2) is 16.9 Å². The largest absolute Gasteiger partial charge is 0.416 e. The number of carbonyl (C=O) groups is 1. The molecule has 1 amide bonds. The first-order valence-electron chi connectivity index (χ1n) is 5.96. The molecular weight excluding hydrogens is 291 g/mol. The fraction of sp³-hybridized carbons (Fsp3) is 0.417. The number of halogens is 3. The molecule has 1 atom stereocenters. The molecule has 21 heavy (non-hydrogen) atoms. The monoisotopic (exact) mass is 305 g/mol. The first-order valence-corrected chi connectivity index (χ1v) is 5.96. The molecule has 6 nitrogen and oxygen atoms in total. The highest BCUT2D eigenvalue weighted by Gasteiger charge is 2.33. The van der Waals surface area contributed by atoms with Crippen molar-refractivity contribution in [3.05, 3.63) is 33.9 Å². The van der Waals surface area contributed by atoms with E-state index in [1.807, 2.05) is 0 Å². The van der Waals surface area contributed by atoms with Gasteiger partial charge in [0.2, 0.25) is 5.91 Å². The molecule has 0 aliphatic rings. The van der Waals surface area contributed by atoms with Crippen molar-refractivity contribution < 1.29 is 22.9 Å². The van der Waals surface area contributed by atoms with Crippen molar-refractivity contribution >= 4 is 17.3 Å². The molecule has 0 aromatic heterocycles. The normalized spacial score (nSPS) is 13.1.